The fourth-order valence-corrected chi connectivity index (χ4v) is 3.16. The molecule has 0 fully saturated rings. The van der Waals surface area contributed by atoms with E-state index in [0.29, 0.717) is 0 Å². The minimum atomic E-state index is 1.04. The fourth-order valence-electron chi connectivity index (χ4n) is 3.16. The maximum atomic E-state index is 3.59. The molecule has 1 aliphatic rings. The van der Waals surface area contributed by atoms with Crippen LogP contribution in [0.2, 0.25) is 0 Å². The van der Waals surface area contributed by atoms with E-state index in [2.05, 4.69) is 55.2 Å². The number of hydrogen-bond acceptors (Lipinski definition) is 0. The minimum absolute atomic E-state index is 1.04. The van der Waals surface area contributed by atoms with Crippen molar-refractivity contribution in [3.8, 4) is 11.1 Å². The zero-order chi connectivity index (χ0) is 12.3. The van der Waals surface area contributed by atoms with Crippen molar-refractivity contribution in [3.63, 3.8) is 0 Å². The molecular formula is C17H15N. The Morgan fingerprint density at radius 2 is 1.83 bits per heavy atom. The van der Waals surface area contributed by atoms with Crippen LogP contribution in [-0.4, -0.2) is 4.98 Å². The summed E-state index contributed by atoms with van der Waals surface area (Å²) in [6, 6.07) is 13.2. The smallest absolute Gasteiger partial charge is 0.0465 e. The van der Waals surface area contributed by atoms with Gasteiger partial charge in [0, 0.05) is 28.6 Å². The van der Waals surface area contributed by atoms with Gasteiger partial charge in [-0.25, -0.2) is 0 Å². The van der Waals surface area contributed by atoms with Gasteiger partial charge in [-0.1, -0.05) is 30.3 Å². The summed E-state index contributed by atoms with van der Waals surface area (Å²) in [5, 5.41) is 1.41. The Hall–Kier alpha value is -2.02. The number of aromatic nitrogens is 1. The molecule has 0 saturated heterocycles. The van der Waals surface area contributed by atoms with E-state index in [4.69, 9.17) is 0 Å². The lowest BCUT2D eigenvalue weighted by atomic mass is 9.98. The van der Waals surface area contributed by atoms with Crippen LogP contribution in [0.15, 0.2) is 36.4 Å². The van der Waals surface area contributed by atoms with Gasteiger partial charge in [-0.3, -0.25) is 0 Å². The summed E-state index contributed by atoms with van der Waals surface area (Å²) in [6.07, 6.45) is 1.04. The van der Waals surface area contributed by atoms with Gasteiger partial charge in [0.05, 0.1) is 0 Å². The lowest BCUT2D eigenvalue weighted by Crippen LogP contribution is -1.85. The van der Waals surface area contributed by atoms with E-state index in [1.807, 2.05) is 0 Å². The van der Waals surface area contributed by atoms with Crippen LogP contribution < -0.4 is 0 Å². The van der Waals surface area contributed by atoms with Gasteiger partial charge in [0.15, 0.2) is 0 Å². The maximum Gasteiger partial charge on any atom is 0.0465 e. The highest BCUT2D eigenvalue weighted by Crippen LogP contribution is 2.42. The van der Waals surface area contributed by atoms with Gasteiger partial charge >= 0.3 is 0 Å². The monoisotopic (exact) mass is 233 g/mol. The summed E-state index contributed by atoms with van der Waals surface area (Å²) < 4.78 is 0. The molecule has 1 heteroatoms. The average Bonchev–Trinajstić information content (AvgIpc) is 2.89. The van der Waals surface area contributed by atoms with Crippen molar-refractivity contribution in [2.24, 2.45) is 0 Å². The van der Waals surface area contributed by atoms with Crippen molar-refractivity contribution < 1.29 is 0 Å². The molecule has 88 valence electrons. The average molecular weight is 233 g/mol. The Balaban J connectivity index is 2.17. The lowest BCUT2D eigenvalue weighted by molar-refractivity contribution is 1.17. The van der Waals surface area contributed by atoms with E-state index in [1.165, 1.54) is 44.4 Å². The molecule has 1 nitrogen and oxygen atoms in total. The van der Waals surface area contributed by atoms with Gasteiger partial charge in [0.2, 0.25) is 0 Å². The number of nitrogens with one attached hydrogen (secondary N) is 1. The number of benzene rings is 2. The topological polar surface area (TPSA) is 15.8 Å². The standard InChI is InChI=1S/C17H15N/c1-10-7-8-14-16(11(10)2)17-13-6-4-3-5-12(13)9-15(17)18-14/h3-8,18H,9H2,1-2H3. The summed E-state index contributed by atoms with van der Waals surface area (Å²) in [6.45, 7) is 4.42. The van der Waals surface area contributed by atoms with Crippen LogP contribution in [0.1, 0.15) is 22.4 Å². The predicted molar refractivity (Wildman–Crippen MR) is 76.0 cm³/mol. The van der Waals surface area contributed by atoms with Crippen molar-refractivity contribution in [1.82, 2.24) is 4.98 Å². The summed E-state index contributed by atoms with van der Waals surface area (Å²) >= 11 is 0. The summed E-state index contributed by atoms with van der Waals surface area (Å²) in [4.78, 5) is 3.59. The molecule has 1 N–H and O–H groups in total. The van der Waals surface area contributed by atoms with Crippen molar-refractivity contribution in [2.45, 2.75) is 20.3 Å². The third-order valence-corrected chi connectivity index (χ3v) is 4.23. The van der Waals surface area contributed by atoms with Crippen LogP contribution in [0.4, 0.5) is 0 Å². The quantitative estimate of drug-likeness (QED) is 0.464. The highest BCUT2D eigenvalue weighted by atomic mass is 14.7. The lowest BCUT2D eigenvalue weighted by Gasteiger charge is -2.05. The first-order valence-electron chi connectivity index (χ1n) is 6.45. The second kappa shape index (κ2) is 3.26. The normalized spacial score (nSPS) is 12.8. The molecule has 4 rings (SSSR count). The zero-order valence-corrected chi connectivity index (χ0v) is 10.7. The Kier molecular flexibility index (Phi) is 1.80. The summed E-state index contributed by atoms with van der Waals surface area (Å²) in [5.41, 5.74) is 9.71. The number of hydrogen-bond donors (Lipinski definition) is 1. The first-order chi connectivity index (χ1) is 8.75. The largest absolute Gasteiger partial charge is 0.358 e. The van der Waals surface area contributed by atoms with E-state index in [1.54, 1.807) is 0 Å². The Bertz CT molecular complexity index is 778. The van der Waals surface area contributed by atoms with Crippen molar-refractivity contribution >= 4 is 10.9 Å². The molecule has 0 aliphatic heterocycles. The second-order valence-corrected chi connectivity index (χ2v) is 5.24. The van der Waals surface area contributed by atoms with Gasteiger partial charge in [0.1, 0.15) is 0 Å². The first kappa shape index (κ1) is 9.95. The minimum Gasteiger partial charge on any atom is -0.358 e. The molecular weight excluding hydrogens is 218 g/mol. The molecule has 1 heterocycles. The van der Waals surface area contributed by atoms with Crippen LogP contribution in [0, 0.1) is 13.8 Å². The SMILES string of the molecule is Cc1ccc2[nH]c3c(c2c1C)-c1ccccc1C3. The van der Waals surface area contributed by atoms with Gasteiger partial charge in [-0.2, -0.15) is 0 Å². The molecule has 2 aromatic carbocycles. The van der Waals surface area contributed by atoms with Gasteiger partial charge in [-0.15, -0.1) is 0 Å². The first-order valence-corrected chi connectivity index (χ1v) is 6.45. The Morgan fingerprint density at radius 3 is 2.72 bits per heavy atom. The van der Waals surface area contributed by atoms with E-state index in [9.17, 15) is 0 Å². The molecule has 3 aromatic rings. The maximum absolute atomic E-state index is 3.59. The Morgan fingerprint density at radius 1 is 1.00 bits per heavy atom. The number of aromatic amines is 1. The molecule has 0 spiro atoms. The van der Waals surface area contributed by atoms with Gasteiger partial charge in [-0.05, 0) is 42.2 Å². The van der Waals surface area contributed by atoms with Crippen LogP contribution in [0.3, 0.4) is 0 Å². The predicted octanol–water partition coefficient (Wildman–Crippen LogP) is 4.36. The molecule has 18 heavy (non-hydrogen) atoms. The van der Waals surface area contributed by atoms with E-state index < -0.39 is 0 Å². The molecule has 1 aliphatic carbocycles. The highest BCUT2D eigenvalue weighted by molar-refractivity contribution is 6.02. The highest BCUT2D eigenvalue weighted by Gasteiger charge is 2.23. The van der Waals surface area contributed by atoms with Crippen LogP contribution in [0.25, 0.3) is 22.0 Å². The van der Waals surface area contributed by atoms with E-state index in [-0.39, 0.29) is 0 Å². The van der Waals surface area contributed by atoms with Gasteiger partial charge < -0.3 is 4.98 Å². The number of H-pyrrole nitrogens is 1. The molecule has 0 unspecified atom stereocenters. The molecule has 0 bridgehead atoms. The van der Waals surface area contributed by atoms with Crippen LogP contribution >= 0.6 is 0 Å². The summed E-state index contributed by atoms with van der Waals surface area (Å²) in [7, 11) is 0. The molecule has 0 atom stereocenters. The third kappa shape index (κ3) is 1.11. The van der Waals surface area contributed by atoms with Crippen molar-refractivity contribution in [2.75, 3.05) is 0 Å². The number of fused-ring (bicyclic) bond motifs is 5. The third-order valence-electron chi connectivity index (χ3n) is 4.23. The molecule has 1 aromatic heterocycles. The number of aryl methyl sites for hydroxylation is 2. The number of rotatable bonds is 0. The Labute approximate surface area is 106 Å². The fraction of sp³-hybridized carbons (Fsp3) is 0.176. The molecule has 0 radical (unpaired) electrons. The molecule has 0 saturated carbocycles. The van der Waals surface area contributed by atoms with E-state index >= 15 is 0 Å². The van der Waals surface area contributed by atoms with Crippen LogP contribution in [-0.2, 0) is 6.42 Å². The van der Waals surface area contributed by atoms with Crippen molar-refractivity contribution in [1.29, 1.82) is 0 Å². The van der Waals surface area contributed by atoms with Crippen molar-refractivity contribution in [3.05, 3.63) is 58.8 Å². The summed E-state index contributed by atoms with van der Waals surface area (Å²) in [5.74, 6) is 0. The van der Waals surface area contributed by atoms with Gasteiger partial charge in [0.25, 0.3) is 0 Å². The second-order valence-electron chi connectivity index (χ2n) is 5.24. The van der Waals surface area contributed by atoms with Crippen LogP contribution in [0.5, 0.6) is 0 Å². The zero-order valence-electron chi connectivity index (χ0n) is 10.7. The molecule has 0 amide bonds. The van der Waals surface area contributed by atoms with E-state index in [0.717, 1.165) is 6.42 Å².